The molecule has 0 radical (unpaired) electrons. The van der Waals surface area contributed by atoms with Crippen molar-refractivity contribution in [1.29, 1.82) is 0 Å². The van der Waals surface area contributed by atoms with E-state index in [0.29, 0.717) is 26.4 Å². The lowest BCUT2D eigenvalue weighted by molar-refractivity contribution is -0.143. The highest BCUT2D eigenvalue weighted by atomic mass is 16.6. The molecule has 0 bridgehead atoms. The molecule has 1 aliphatic heterocycles. The molecule has 0 saturated carbocycles. The van der Waals surface area contributed by atoms with Crippen LogP contribution in [0.1, 0.15) is 0 Å². The molecule has 98 valence electrons. The summed E-state index contributed by atoms with van der Waals surface area (Å²) in [7, 11) is 0. The zero-order valence-corrected chi connectivity index (χ0v) is 9.67. The van der Waals surface area contributed by atoms with Gasteiger partial charge in [-0.05, 0) is 0 Å². The molecule has 2 atom stereocenters. The zero-order valence-electron chi connectivity index (χ0n) is 9.67. The Kier molecular flexibility index (Phi) is 6.80. The fraction of sp³-hybridized carbons (Fsp3) is 0.727. The molecule has 1 heterocycles. The second kappa shape index (κ2) is 8.19. The van der Waals surface area contributed by atoms with Gasteiger partial charge in [-0.25, -0.2) is 4.79 Å². The van der Waals surface area contributed by atoms with Crippen molar-refractivity contribution in [3.8, 4) is 0 Å². The standard InChI is InChI=1S/C11H18O6/c1-2-11(13)17-8-10-7-14-6-9(5-12)15-3-4-16-10/h2,9-10,12H,1,3-8H2. The van der Waals surface area contributed by atoms with Gasteiger partial charge in [-0.15, -0.1) is 0 Å². The minimum absolute atomic E-state index is 0.0872. The van der Waals surface area contributed by atoms with Crippen molar-refractivity contribution in [3.05, 3.63) is 12.7 Å². The lowest BCUT2D eigenvalue weighted by Gasteiger charge is -2.16. The topological polar surface area (TPSA) is 74.2 Å². The van der Waals surface area contributed by atoms with E-state index >= 15 is 0 Å². The highest BCUT2D eigenvalue weighted by Crippen LogP contribution is 2.02. The molecule has 1 fully saturated rings. The van der Waals surface area contributed by atoms with Gasteiger partial charge in [0.15, 0.2) is 0 Å². The number of esters is 1. The van der Waals surface area contributed by atoms with Gasteiger partial charge in [-0.1, -0.05) is 6.58 Å². The molecule has 17 heavy (non-hydrogen) atoms. The summed E-state index contributed by atoms with van der Waals surface area (Å²) in [6.07, 6.45) is 0.453. The average Bonchev–Trinajstić information content (AvgIpc) is 2.47. The zero-order chi connectivity index (χ0) is 12.5. The van der Waals surface area contributed by atoms with Crippen LogP contribution in [0.15, 0.2) is 12.7 Å². The molecule has 0 aromatic rings. The predicted molar refractivity (Wildman–Crippen MR) is 58.5 cm³/mol. The van der Waals surface area contributed by atoms with E-state index in [4.69, 9.17) is 24.1 Å². The summed E-state index contributed by atoms with van der Waals surface area (Å²) < 4.78 is 20.9. The van der Waals surface area contributed by atoms with Crippen LogP contribution in [0.4, 0.5) is 0 Å². The number of aliphatic hydroxyl groups is 1. The molecule has 0 aliphatic carbocycles. The van der Waals surface area contributed by atoms with E-state index in [9.17, 15) is 4.79 Å². The van der Waals surface area contributed by atoms with Gasteiger partial charge < -0.3 is 24.1 Å². The molecule has 0 aromatic carbocycles. The summed E-state index contributed by atoms with van der Waals surface area (Å²) >= 11 is 0. The largest absolute Gasteiger partial charge is 0.460 e. The fourth-order valence-corrected chi connectivity index (χ4v) is 1.29. The summed E-state index contributed by atoms with van der Waals surface area (Å²) in [4.78, 5) is 10.9. The second-order valence-electron chi connectivity index (χ2n) is 3.54. The number of hydrogen-bond acceptors (Lipinski definition) is 6. The van der Waals surface area contributed by atoms with Crippen LogP contribution in [0.25, 0.3) is 0 Å². The first-order chi connectivity index (χ1) is 8.26. The van der Waals surface area contributed by atoms with Crippen LogP contribution >= 0.6 is 0 Å². The van der Waals surface area contributed by atoms with Gasteiger partial charge in [-0.3, -0.25) is 0 Å². The Labute approximate surface area is 100 Å². The Morgan fingerprint density at radius 2 is 2.00 bits per heavy atom. The van der Waals surface area contributed by atoms with Gasteiger partial charge in [0.1, 0.15) is 18.8 Å². The van der Waals surface area contributed by atoms with Gasteiger partial charge in [0, 0.05) is 6.08 Å². The Morgan fingerprint density at radius 3 is 2.65 bits per heavy atom. The van der Waals surface area contributed by atoms with E-state index in [0.717, 1.165) is 6.08 Å². The van der Waals surface area contributed by atoms with Gasteiger partial charge in [-0.2, -0.15) is 0 Å². The lowest BCUT2D eigenvalue weighted by Crippen LogP contribution is -2.28. The van der Waals surface area contributed by atoms with Crippen LogP contribution < -0.4 is 0 Å². The van der Waals surface area contributed by atoms with Crippen LogP contribution in [0.2, 0.25) is 0 Å². The lowest BCUT2D eigenvalue weighted by atomic mass is 10.4. The van der Waals surface area contributed by atoms with Crippen LogP contribution in [0.3, 0.4) is 0 Å². The highest BCUT2D eigenvalue weighted by molar-refractivity contribution is 5.81. The Balaban J connectivity index is 2.30. The second-order valence-corrected chi connectivity index (χ2v) is 3.54. The van der Waals surface area contributed by atoms with E-state index in [-0.39, 0.29) is 25.4 Å². The first kappa shape index (κ1) is 14.1. The fourth-order valence-electron chi connectivity index (χ4n) is 1.29. The summed E-state index contributed by atoms with van der Waals surface area (Å²) in [5.74, 6) is -0.488. The molecule has 0 spiro atoms. The minimum atomic E-state index is -0.488. The molecular formula is C11H18O6. The molecule has 1 aliphatic rings. The Bertz CT molecular complexity index is 242. The molecule has 6 nitrogen and oxygen atoms in total. The van der Waals surface area contributed by atoms with E-state index in [2.05, 4.69) is 6.58 Å². The predicted octanol–water partition coefficient (Wildman–Crippen LogP) is -0.492. The number of carbonyl (C=O) groups excluding carboxylic acids is 1. The number of ether oxygens (including phenoxy) is 4. The van der Waals surface area contributed by atoms with Gasteiger partial charge >= 0.3 is 5.97 Å². The van der Waals surface area contributed by atoms with Gasteiger partial charge in [0.2, 0.25) is 0 Å². The first-order valence-corrected chi connectivity index (χ1v) is 5.47. The Morgan fingerprint density at radius 1 is 1.35 bits per heavy atom. The van der Waals surface area contributed by atoms with Crippen molar-refractivity contribution in [2.24, 2.45) is 0 Å². The van der Waals surface area contributed by atoms with Crippen molar-refractivity contribution < 1.29 is 28.8 Å². The smallest absolute Gasteiger partial charge is 0.330 e. The van der Waals surface area contributed by atoms with Crippen molar-refractivity contribution in [2.45, 2.75) is 12.2 Å². The molecule has 6 heteroatoms. The molecule has 1 saturated heterocycles. The van der Waals surface area contributed by atoms with E-state index in [1.165, 1.54) is 0 Å². The molecular weight excluding hydrogens is 228 g/mol. The number of aliphatic hydroxyl groups excluding tert-OH is 1. The quantitative estimate of drug-likeness (QED) is 0.533. The van der Waals surface area contributed by atoms with Crippen LogP contribution in [-0.4, -0.2) is 62.9 Å². The van der Waals surface area contributed by atoms with Crippen LogP contribution in [0, 0.1) is 0 Å². The third-order valence-corrected chi connectivity index (χ3v) is 2.18. The summed E-state index contributed by atoms with van der Waals surface area (Å²) in [6, 6.07) is 0. The monoisotopic (exact) mass is 246 g/mol. The van der Waals surface area contributed by atoms with Crippen molar-refractivity contribution >= 4 is 5.97 Å². The SMILES string of the molecule is C=CC(=O)OCC1COCC(CO)OCCO1. The molecule has 0 amide bonds. The highest BCUT2D eigenvalue weighted by Gasteiger charge is 2.17. The van der Waals surface area contributed by atoms with Gasteiger partial charge in [0.25, 0.3) is 0 Å². The van der Waals surface area contributed by atoms with Crippen molar-refractivity contribution in [2.75, 3.05) is 39.6 Å². The number of carbonyl (C=O) groups is 1. The molecule has 2 unspecified atom stereocenters. The summed E-state index contributed by atoms with van der Waals surface area (Å²) in [6.45, 7) is 4.67. The third-order valence-electron chi connectivity index (χ3n) is 2.18. The maximum absolute atomic E-state index is 10.9. The normalized spacial score (nSPS) is 26.4. The number of hydrogen-bond donors (Lipinski definition) is 1. The Hall–Kier alpha value is -0.950. The van der Waals surface area contributed by atoms with Gasteiger partial charge in [0.05, 0.1) is 33.0 Å². The minimum Gasteiger partial charge on any atom is -0.460 e. The molecule has 1 N–H and O–H groups in total. The summed E-state index contributed by atoms with van der Waals surface area (Å²) in [5.41, 5.74) is 0. The summed E-state index contributed by atoms with van der Waals surface area (Å²) in [5, 5.41) is 8.95. The van der Waals surface area contributed by atoms with Crippen LogP contribution in [-0.2, 0) is 23.7 Å². The van der Waals surface area contributed by atoms with Crippen molar-refractivity contribution in [1.82, 2.24) is 0 Å². The van der Waals surface area contributed by atoms with E-state index in [1.807, 2.05) is 0 Å². The van der Waals surface area contributed by atoms with E-state index in [1.54, 1.807) is 0 Å². The maximum Gasteiger partial charge on any atom is 0.330 e. The van der Waals surface area contributed by atoms with Crippen molar-refractivity contribution in [3.63, 3.8) is 0 Å². The molecule has 0 aromatic heterocycles. The maximum atomic E-state index is 10.9. The first-order valence-electron chi connectivity index (χ1n) is 5.47. The van der Waals surface area contributed by atoms with Crippen LogP contribution in [0.5, 0.6) is 0 Å². The molecule has 1 rings (SSSR count). The third kappa shape index (κ3) is 5.78. The van der Waals surface area contributed by atoms with E-state index < -0.39 is 5.97 Å². The average molecular weight is 246 g/mol. The number of rotatable bonds is 4.